The summed E-state index contributed by atoms with van der Waals surface area (Å²) in [5.74, 6) is 0. The van der Waals surface area contributed by atoms with Gasteiger partial charge in [0.1, 0.15) is 0 Å². The van der Waals surface area contributed by atoms with Gasteiger partial charge in [-0.15, -0.1) is 22.7 Å². The van der Waals surface area contributed by atoms with E-state index in [2.05, 4.69) is 51.1 Å². The first-order valence-corrected chi connectivity index (χ1v) is 7.83. The molecule has 0 saturated carbocycles. The standard InChI is InChI=1S/C12H14BrNS2/c1-2-9-3-4-15-12(9)7-14-6-11-5-10(13)8-16-11/h3-5,8,14H,2,6-7H2,1H3. The zero-order chi connectivity index (χ0) is 11.4. The van der Waals surface area contributed by atoms with Crippen molar-refractivity contribution in [3.8, 4) is 0 Å². The van der Waals surface area contributed by atoms with E-state index >= 15 is 0 Å². The number of halogens is 1. The van der Waals surface area contributed by atoms with Crippen molar-refractivity contribution in [1.29, 1.82) is 0 Å². The van der Waals surface area contributed by atoms with Crippen LogP contribution in [0.5, 0.6) is 0 Å². The molecule has 0 radical (unpaired) electrons. The molecule has 2 aromatic rings. The van der Waals surface area contributed by atoms with Crippen LogP contribution in [0, 0.1) is 0 Å². The van der Waals surface area contributed by atoms with Crippen LogP contribution in [-0.4, -0.2) is 0 Å². The molecule has 0 atom stereocenters. The summed E-state index contributed by atoms with van der Waals surface area (Å²) in [7, 11) is 0. The fourth-order valence-electron chi connectivity index (χ4n) is 1.58. The Morgan fingerprint density at radius 3 is 2.88 bits per heavy atom. The molecule has 0 aromatic carbocycles. The molecule has 2 heterocycles. The summed E-state index contributed by atoms with van der Waals surface area (Å²) in [6.07, 6.45) is 1.13. The summed E-state index contributed by atoms with van der Waals surface area (Å²) in [6, 6.07) is 4.40. The highest BCUT2D eigenvalue weighted by atomic mass is 79.9. The molecule has 0 fully saturated rings. The summed E-state index contributed by atoms with van der Waals surface area (Å²) in [6.45, 7) is 4.15. The maximum atomic E-state index is 3.49. The Labute approximate surface area is 113 Å². The molecule has 0 aliphatic rings. The molecule has 0 unspecified atom stereocenters. The summed E-state index contributed by atoms with van der Waals surface area (Å²) >= 11 is 7.11. The highest BCUT2D eigenvalue weighted by molar-refractivity contribution is 9.10. The third-order valence-electron chi connectivity index (χ3n) is 2.43. The molecule has 0 aliphatic heterocycles. The predicted molar refractivity (Wildman–Crippen MR) is 76.3 cm³/mol. The van der Waals surface area contributed by atoms with Crippen molar-refractivity contribution in [2.45, 2.75) is 26.4 Å². The van der Waals surface area contributed by atoms with Gasteiger partial charge in [0, 0.05) is 32.7 Å². The van der Waals surface area contributed by atoms with Crippen molar-refractivity contribution < 1.29 is 0 Å². The van der Waals surface area contributed by atoms with E-state index in [0.29, 0.717) is 0 Å². The molecule has 86 valence electrons. The van der Waals surface area contributed by atoms with E-state index in [-0.39, 0.29) is 0 Å². The monoisotopic (exact) mass is 315 g/mol. The molecule has 0 amide bonds. The number of nitrogens with one attached hydrogen (secondary N) is 1. The quantitative estimate of drug-likeness (QED) is 0.861. The lowest BCUT2D eigenvalue weighted by Gasteiger charge is -2.03. The van der Waals surface area contributed by atoms with Crippen molar-refractivity contribution in [1.82, 2.24) is 5.32 Å². The van der Waals surface area contributed by atoms with E-state index in [1.54, 1.807) is 11.3 Å². The van der Waals surface area contributed by atoms with Gasteiger partial charge in [-0.1, -0.05) is 6.92 Å². The zero-order valence-corrected chi connectivity index (χ0v) is 12.3. The second-order valence-electron chi connectivity index (χ2n) is 3.56. The van der Waals surface area contributed by atoms with Crippen molar-refractivity contribution in [3.05, 3.63) is 42.7 Å². The highest BCUT2D eigenvalue weighted by Crippen LogP contribution is 2.20. The van der Waals surface area contributed by atoms with Crippen LogP contribution in [0.2, 0.25) is 0 Å². The minimum absolute atomic E-state index is 0.956. The van der Waals surface area contributed by atoms with Crippen LogP contribution in [0.4, 0.5) is 0 Å². The Kier molecular flexibility index (Phi) is 4.58. The lowest BCUT2D eigenvalue weighted by atomic mass is 10.2. The Bertz CT molecular complexity index is 447. The molecule has 0 aliphatic carbocycles. The molecular weight excluding hydrogens is 302 g/mol. The van der Waals surface area contributed by atoms with Crippen LogP contribution < -0.4 is 5.32 Å². The van der Waals surface area contributed by atoms with Gasteiger partial charge < -0.3 is 5.32 Å². The lowest BCUT2D eigenvalue weighted by molar-refractivity contribution is 0.704. The summed E-state index contributed by atoms with van der Waals surface area (Å²) in [5.41, 5.74) is 1.48. The van der Waals surface area contributed by atoms with Crippen molar-refractivity contribution in [2.75, 3.05) is 0 Å². The first-order valence-electron chi connectivity index (χ1n) is 5.28. The van der Waals surface area contributed by atoms with Gasteiger partial charge in [-0.05, 0) is 45.4 Å². The minimum Gasteiger partial charge on any atom is -0.307 e. The topological polar surface area (TPSA) is 12.0 Å². The van der Waals surface area contributed by atoms with Crippen LogP contribution in [0.25, 0.3) is 0 Å². The van der Waals surface area contributed by atoms with Gasteiger partial charge in [0.05, 0.1) is 0 Å². The molecule has 0 spiro atoms. The van der Waals surface area contributed by atoms with Gasteiger partial charge in [0.15, 0.2) is 0 Å². The van der Waals surface area contributed by atoms with E-state index in [9.17, 15) is 0 Å². The average Bonchev–Trinajstić information content (AvgIpc) is 2.87. The first kappa shape index (κ1) is 12.3. The summed E-state index contributed by atoms with van der Waals surface area (Å²) in [4.78, 5) is 2.85. The van der Waals surface area contributed by atoms with Crippen LogP contribution in [0.15, 0.2) is 27.4 Å². The summed E-state index contributed by atoms with van der Waals surface area (Å²) < 4.78 is 1.18. The maximum Gasteiger partial charge on any atom is 0.0305 e. The van der Waals surface area contributed by atoms with Gasteiger partial charge in [0.25, 0.3) is 0 Å². The Morgan fingerprint density at radius 2 is 2.19 bits per heavy atom. The maximum absolute atomic E-state index is 3.49. The zero-order valence-electron chi connectivity index (χ0n) is 9.13. The summed E-state index contributed by atoms with van der Waals surface area (Å²) in [5, 5.41) is 7.79. The van der Waals surface area contributed by atoms with Crippen LogP contribution in [-0.2, 0) is 19.5 Å². The van der Waals surface area contributed by atoms with Crippen LogP contribution in [0.3, 0.4) is 0 Å². The fourth-order valence-corrected chi connectivity index (χ4v) is 3.95. The lowest BCUT2D eigenvalue weighted by Crippen LogP contribution is -2.11. The van der Waals surface area contributed by atoms with E-state index in [1.807, 2.05) is 11.3 Å². The normalized spacial score (nSPS) is 10.9. The SMILES string of the molecule is CCc1ccsc1CNCc1cc(Br)cs1. The van der Waals surface area contributed by atoms with Gasteiger partial charge in [-0.25, -0.2) is 0 Å². The number of thiophene rings is 2. The molecule has 0 bridgehead atoms. The molecule has 16 heavy (non-hydrogen) atoms. The largest absolute Gasteiger partial charge is 0.307 e. The molecule has 1 nitrogen and oxygen atoms in total. The second kappa shape index (κ2) is 5.96. The Hall–Kier alpha value is -0.160. The Morgan fingerprint density at radius 1 is 1.31 bits per heavy atom. The van der Waals surface area contributed by atoms with Crippen LogP contribution in [0.1, 0.15) is 22.2 Å². The highest BCUT2D eigenvalue weighted by Gasteiger charge is 2.02. The molecule has 1 N–H and O–H groups in total. The van der Waals surface area contributed by atoms with E-state index in [0.717, 1.165) is 19.5 Å². The number of aryl methyl sites for hydroxylation is 1. The number of rotatable bonds is 5. The van der Waals surface area contributed by atoms with Crippen molar-refractivity contribution in [3.63, 3.8) is 0 Å². The molecule has 2 aromatic heterocycles. The van der Waals surface area contributed by atoms with Crippen LogP contribution >= 0.6 is 38.6 Å². The molecular formula is C12H14BrNS2. The molecule has 4 heteroatoms. The van der Waals surface area contributed by atoms with Gasteiger partial charge in [-0.3, -0.25) is 0 Å². The molecule has 0 saturated heterocycles. The Balaban J connectivity index is 1.84. The van der Waals surface area contributed by atoms with Gasteiger partial charge in [0.2, 0.25) is 0 Å². The van der Waals surface area contributed by atoms with E-state index < -0.39 is 0 Å². The number of hydrogen-bond acceptors (Lipinski definition) is 3. The first-order chi connectivity index (χ1) is 7.79. The smallest absolute Gasteiger partial charge is 0.0305 e. The van der Waals surface area contributed by atoms with E-state index in [1.165, 1.54) is 19.8 Å². The number of hydrogen-bond donors (Lipinski definition) is 1. The van der Waals surface area contributed by atoms with Gasteiger partial charge >= 0.3 is 0 Å². The molecule has 2 rings (SSSR count). The minimum atomic E-state index is 0.956. The van der Waals surface area contributed by atoms with Crippen molar-refractivity contribution >= 4 is 38.6 Å². The third-order valence-corrected chi connectivity index (χ3v) is 5.09. The second-order valence-corrected chi connectivity index (χ2v) is 6.47. The predicted octanol–water partition coefficient (Wildman–Crippen LogP) is 4.42. The van der Waals surface area contributed by atoms with Crippen molar-refractivity contribution in [2.24, 2.45) is 0 Å². The third kappa shape index (κ3) is 3.17. The average molecular weight is 316 g/mol. The van der Waals surface area contributed by atoms with Gasteiger partial charge in [-0.2, -0.15) is 0 Å². The van der Waals surface area contributed by atoms with E-state index in [4.69, 9.17) is 0 Å². The fraction of sp³-hybridized carbons (Fsp3) is 0.333.